The summed E-state index contributed by atoms with van der Waals surface area (Å²) in [6.07, 6.45) is 3.90. The summed E-state index contributed by atoms with van der Waals surface area (Å²) >= 11 is 6.09. The van der Waals surface area contributed by atoms with Crippen LogP contribution < -0.4 is 10.6 Å². The summed E-state index contributed by atoms with van der Waals surface area (Å²) in [5.74, 6) is 0. The molecule has 0 bridgehead atoms. The zero-order chi connectivity index (χ0) is 16.7. The summed E-state index contributed by atoms with van der Waals surface area (Å²) in [4.78, 5) is 6.98. The molecule has 0 spiro atoms. The Kier molecular flexibility index (Phi) is 3.70. The van der Waals surface area contributed by atoms with Crippen molar-refractivity contribution < 1.29 is 0 Å². The molecule has 24 heavy (non-hydrogen) atoms. The molecule has 3 aromatic rings. The van der Waals surface area contributed by atoms with Crippen LogP contribution in [0.5, 0.6) is 0 Å². The number of H-pyrrole nitrogens is 1. The molecule has 0 unspecified atom stereocenters. The molecule has 3 N–H and O–H groups in total. The molecule has 1 saturated heterocycles. The maximum Gasteiger partial charge on any atom is 0.118 e. The quantitative estimate of drug-likeness (QED) is 0.747. The van der Waals surface area contributed by atoms with Gasteiger partial charge in [0, 0.05) is 29.2 Å². The van der Waals surface area contributed by atoms with Crippen molar-refractivity contribution in [2.75, 3.05) is 18.0 Å². The number of fused-ring (bicyclic) bond motifs is 1. The summed E-state index contributed by atoms with van der Waals surface area (Å²) in [5, 5.41) is 8.22. The molecule has 124 valence electrons. The van der Waals surface area contributed by atoms with Crippen molar-refractivity contribution in [3.05, 3.63) is 41.6 Å². The number of hydrogen-bond acceptors (Lipinski definition) is 4. The predicted octanol–water partition coefficient (Wildman–Crippen LogP) is 3.60. The number of hydrogen-bond donors (Lipinski definition) is 2. The number of aromatic amines is 1. The Morgan fingerprint density at radius 3 is 2.79 bits per heavy atom. The molecule has 0 aliphatic carbocycles. The van der Waals surface area contributed by atoms with E-state index >= 15 is 0 Å². The number of aromatic nitrogens is 3. The SMILES string of the molecule is CC1(N)CCN(c2cnc3c(-c4cccc(Cl)c4)n[nH]c3c2)CC1. The Hall–Kier alpha value is -2.11. The molecule has 1 aliphatic rings. The van der Waals surface area contributed by atoms with Crippen LogP contribution in [-0.4, -0.2) is 33.8 Å². The lowest BCUT2D eigenvalue weighted by atomic mass is 9.91. The van der Waals surface area contributed by atoms with Gasteiger partial charge in [-0.25, -0.2) is 0 Å². The number of nitrogens with two attached hydrogens (primary N) is 1. The third-order valence-electron chi connectivity index (χ3n) is 4.75. The number of benzene rings is 1. The molecule has 3 heterocycles. The van der Waals surface area contributed by atoms with Crippen molar-refractivity contribution in [3.8, 4) is 11.3 Å². The fourth-order valence-corrected chi connectivity index (χ4v) is 3.37. The summed E-state index contributed by atoms with van der Waals surface area (Å²) in [6, 6.07) is 9.78. The molecule has 0 radical (unpaired) electrons. The van der Waals surface area contributed by atoms with Gasteiger partial charge in [0.1, 0.15) is 11.2 Å². The number of nitrogens with one attached hydrogen (secondary N) is 1. The second-order valence-corrected chi connectivity index (χ2v) is 7.25. The maximum atomic E-state index is 6.22. The maximum absolute atomic E-state index is 6.22. The van der Waals surface area contributed by atoms with Crippen molar-refractivity contribution >= 4 is 28.3 Å². The molecule has 1 aliphatic heterocycles. The van der Waals surface area contributed by atoms with Crippen LogP contribution in [0.3, 0.4) is 0 Å². The Labute approximate surface area is 145 Å². The van der Waals surface area contributed by atoms with Gasteiger partial charge < -0.3 is 10.6 Å². The highest BCUT2D eigenvalue weighted by molar-refractivity contribution is 6.30. The van der Waals surface area contributed by atoms with Gasteiger partial charge in [0.05, 0.1) is 17.4 Å². The van der Waals surface area contributed by atoms with Crippen LogP contribution in [0.1, 0.15) is 19.8 Å². The number of rotatable bonds is 2. The van der Waals surface area contributed by atoms with Crippen molar-refractivity contribution in [2.45, 2.75) is 25.3 Å². The second kappa shape index (κ2) is 5.76. The fraction of sp³-hybridized carbons (Fsp3) is 0.333. The molecule has 1 aromatic carbocycles. The Morgan fingerprint density at radius 2 is 2.04 bits per heavy atom. The lowest BCUT2D eigenvalue weighted by Gasteiger charge is -2.37. The molecule has 0 saturated carbocycles. The van der Waals surface area contributed by atoms with E-state index in [1.165, 1.54) is 0 Å². The minimum Gasteiger partial charge on any atom is -0.370 e. The van der Waals surface area contributed by atoms with Crippen LogP contribution in [0, 0.1) is 0 Å². The Balaban J connectivity index is 1.66. The number of halogens is 1. The van der Waals surface area contributed by atoms with E-state index in [1.807, 2.05) is 30.5 Å². The van der Waals surface area contributed by atoms with Gasteiger partial charge in [-0.2, -0.15) is 5.10 Å². The Morgan fingerprint density at radius 1 is 1.25 bits per heavy atom. The average Bonchev–Trinajstić information content (AvgIpc) is 2.98. The molecule has 0 amide bonds. The van der Waals surface area contributed by atoms with E-state index in [0.29, 0.717) is 5.02 Å². The van der Waals surface area contributed by atoms with Crippen LogP contribution in [-0.2, 0) is 0 Å². The monoisotopic (exact) mass is 341 g/mol. The van der Waals surface area contributed by atoms with Crippen LogP contribution >= 0.6 is 11.6 Å². The average molecular weight is 342 g/mol. The molecule has 2 aromatic heterocycles. The normalized spacial score (nSPS) is 17.4. The van der Waals surface area contributed by atoms with Gasteiger partial charge in [0.2, 0.25) is 0 Å². The molecular weight excluding hydrogens is 322 g/mol. The highest BCUT2D eigenvalue weighted by atomic mass is 35.5. The first-order chi connectivity index (χ1) is 11.5. The van der Waals surface area contributed by atoms with E-state index in [1.54, 1.807) is 0 Å². The van der Waals surface area contributed by atoms with Gasteiger partial charge >= 0.3 is 0 Å². The standard InChI is InChI=1S/C18H20ClN5/c1-18(20)5-7-24(8-6-18)14-10-15-17(21-11-14)16(23-22-15)12-3-2-4-13(19)9-12/h2-4,9-11H,5-8,20H2,1H3,(H,22,23). The van der Waals surface area contributed by atoms with E-state index in [4.69, 9.17) is 17.3 Å². The van der Waals surface area contributed by atoms with Crippen molar-refractivity contribution in [1.82, 2.24) is 15.2 Å². The first-order valence-electron chi connectivity index (χ1n) is 8.16. The lowest BCUT2D eigenvalue weighted by molar-refractivity contribution is 0.364. The topological polar surface area (TPSA) is 70.8 Å². The van der Waals surface area contributed by atoms with Crippen LogP contribution in [0.2, 0.25) is 5.02 Å². The predicted molar refractivity (Wildman–Crippen MR) is 98.4 cm³/mol. The van der Waals surface area contributed by atoms with Crippen LogP contribution in [0.15, 0.2) is 36.5 Å². The van der Waals surface area contributed by atoms with Gasteiger partial charge in [-0.3, -0.25) is 10.1 Å². The minimum atomic E-state index is -0.0538. The van der Waals surface area contributed by atoms with Gasteiger partial charge in [-0.15, -0.1) is 0 Å². The molecular formula is C18H20ClN5. The molecule has 0 atom stereocenters. The molecule has 1 fully saturated rings. The van der Waals surface area contributed by atoms with Crippen molar-refractivity contribution in [3.63, 3.8) is 0 Å². The Bertz CT molecular complexity index is 876. The number of anilines is 1. The summed E-state index contributed by atoms with van der Waals surface area (Å²) in [7, 11) is 0. The lowest BCUT2D eigenvalue weighted by Crippen LogP contribution is -2.48. The van der Waals surface area contributed by atoms with E-state index in [9.17, 15) is 0 Å². The second-order valence-electron chi connectivity index (χ2n) is 6.81. The smallest absolute Gasteiger partial charge is 0.118 e. The summed E-state index contributed by atoms with van der Waals surface area (Å²) < 4.78 is 0. The fourth-order valence-electron chi connectivity index (χ4n) is 3.18. The number of nitrogens with zero attached hydrogens (tertiary/aromatic N) is 3. The summed E-state index contributed by atoms with van der Waals surface area (Å²) in [6.45, 7) is 4.03. The number of pyridine rings is 1. The van der Waals surface area contributed by atoms with E-state index in [-0.39, 0.29) is 5.54 Å². The third kappa shape index (κ3) is 2.85. The molecule has 5 nitrogen and oxygen atoms in total. The zero-order valence-electron chi connectivity index (χ0n) is 13.6. The van der Waals surface area contributed by atoms with Crippen LogP contribution in [0.25, 0.3) is 22.3 Å². The van der Waals surface area contributed by atoms with Gasteiger partial charge in [-0.05, 0) is 38.0 Å². The zero-order valence-corrected chi connectivity index (χ0v) is 14.3. The van der Waals surface area contributed by atoms with Gasteiger partial charge in [0.15, 0.2) is 0 Å². The first kappa shape index (κ1) is 15.4. The van der Waals surface area contributed by atoms with Crippen molar-refractivity contribution in [1.29, 1.82) is 0 Å². The van der Waals surface area contributed by atoms with E-state index in [2.05, 4.69) is 33.1 Å². The first-order valence-corrected chi connectivity index (χ1v) is 8.54. The third-order valence-corrected chi connectivity index (χ3v) is 4.99. The highest BCUT2D eigenvalue weighted by Gasteiger charge is 2.26. The van der Waals surface area contributed by atoms with E-state index < -0.39 is 0 Å². The largest absolute Gasteiger partial charge is 0.370 e. The van der Waals surface area contributed by atoms with E-state index in [0.717, 1.165) is 53.9 Å². The molecule has 4 rings (SSSR count). The molecule has 6 heteroatoms. The minimum absolute atomic E-state index is 0.0538. The number of piperidine rings is 1. The van der Waals surface area contributed by atoms with Gasteiger partial charge in [-0.1, -0.05) is 23.7 Å². The van der Waals surface area contributed by atoms with Gasteiger partial charge in [0.25, 0.3) is 0 Å². The van der Waals surface area contributed by atoms with Crippen LogP contribution in [0.4, 0.5) is 5.69 Å². The van der Waals surface area contributed by atoms with Crippen molar-refractivity contribution in [2.24, 2.45) is 5.73 Å². The summed E-state index contributed by atoms with van der Waals surface area (Å²) in [5.41, 5.74) is 10.9. The highest BCUT2D eigenvalue weighted by Crippen LogP contribution is 2.30.